The molecule has 5 nitrogen and oxygen atoms in total. The first-order chi connectivity index (χ1) is 11.1. The molecule has 4 rings (SSSR count). The van der Waals surface area contributed by atoms with Crippen LogP contribution in [-0.2, 0) is 4.79 Å². The van der Waals surface area contributed by atoms with Crippen LogP contribution in [0.5, 0.6) is 5.88 Å². The predicted molar refractivity (Wildman–Crippen MR) is 90.9 cm³/mol. The normalized spacial score (nSPS) is 26.6. The Morgan fingerprint density at radius 2 is 2.00 bits per heavy atom. The number of aryl methyl sites for hydroxylation is 1. The molecule has 0 aliphatic heterocycles. The zero-order valence-electron chi connectivity index (χ0n) is 12.8. The minimum Gasteiger partial charge on any atom is -0.493 e. The fraction of sp³-hybridized carbons (Fsp3) is 0.471. The minimum absolute atomic E-state index is 0.0544. The molecule has 0 bridgehead atoms. The van der Waals surface area contributed by atoms with Crippen LogP contribution in [0, 0.1) is 24.7 Å². The molecule has 2 aliphatic rings. The Balaban J connectivity index is 1.64. The van der Waals surface area contributed by atoms with Crippen molar-refractivity contribution < 1.29 is 9.90 Å². The van der Waals surface area contributed by atoms with Crippen LogP contribution in [0.15, 0.2) is 26.8 Å². The number of fused-ring (bicyclic) bond motifs is 2. The maximum Gasteiger partial charge on any atom is 0.268 e. The molecule has 23 heavy (non-hydrogen) atoms. The third-order valence-corrected chi connectivity index (χ3v) is 6.26. The number of aromatic amines is 1. The summed E-state index contributed by atoms with van der Waals surface area (Å²) >= 11 is 3.53. The van der Waals surface area contributed by atoms with Gasteiger partial charge in [-0.05, 0) is 59.2 Å². The first-order valence-electron chi connectivity index (χ1n) is 8.03. The Bertz CT molecular complexity index is 815. The molecule has 1 aromatic heterocycles. The standard InChI is InChI=1S/C17H18BrN3O2/c1-8-6-7-11-13(14(8)18)15(17(23)19-11)20-21-16(22)12-9-4-2-3-5-10(9)12/h6-7,9-10,12,19,23H,2-5H2,1H3/t9-,10-/m0/s1. The van der Waals surface area contributed by atoms with Crippen molar-refractivity contribution in [2.75, 3.05) is 0 Å². The lowest BCUT2D eigenvalue weighted by molar-refractivity contribution is -0.120. The Kier molecular flexibility index (Phi) is 3.52. The first-order valence-corrected chi connectivity index (χ1v) is 8.82. The van der Waals surface area contributed by atoms with Gasteiger partial charge in [0.1, 0.15) is 0 Å². The highest BCUT2D eigenvalue weighted by Gasteiger charge is 2.54. The number of hydrogen-bond donors (Lipinski definition) is 2. The quantitative estimate of drug-likeness (QED) is 0.725. The first kappa shape index (κ1) is 14.9. The number of azo groups is 1. The number of rotatable bonds is 2. The molecular weight excluding hydrogens is 358 g/mol. The summed E-state index contributed by atoms with van der Waals surface area (Å²) in [7, 11) is 0. The molecule has 1 amide bonds. The molecule has 2 saturated carbocycles. The zero-order chi connectivity index (χ0) is 16.1. The van der Waals surface area contributed by atoms with Crippen molar-refractivity contribution in [1.82, 2.24) is 4.98 Å². The number of nitrogens with zero attached hydrogens (tertiary/aromatic N) is 2. The summed E-state index contributed by atoms with van der Waals surface area (Å²) in [6.45, 7) is 1.97. The van der Waals surface area contributed by atoms with E-state index in [4.69, 9.17) is 0 Å². The molecule has 2 N–H and O–H groups in total. The van der Waals surface area contributed by atoms with E-state index >= 15 is 0 Å². The SMILES string of the molecule is Cc1ccc2[nH]c(O)c(N=NC(=O)C3[C@H]4CCCC[C@H]34)c2c1Br. The van der Waals surface area contributed by atoms with Crippen LogP contribution in [0.4, 0.5) is 5.69 Å². The zero-order valence-corrected chi connectivity index (χ0v) is 14.4. The van der Waals surface area contributed by atoms with E-state index in [1.54, 1.807) is 0 Å². The highest BCUT2D eigenvalue weighted by atomic mass is 79.9. The summed E-state index contributed by atoms with van der Waals surface area (Å²) in [5.74, 6) is 0.885. The van der Waals surface area contributed by atoms with Crippen LogP contribution in [-0.4, -0.2) is 16.0 Å². The van der Waals surface area contributed by atoms with E-state index in [0.717, 1.165) is 33.8 Å². The van der Waals surface area contributed by atoms with Gasteiger partial charge in [0.15, 0.2) is 5.69 Å². The Hall–Kier alpha value is -1.69. The highest BCUT2D eigenvalue weighted by molar-refractivity contribution is 9.10. The molecule has 2 aliphatic carbocycles. The lowest BCUT2D eigenvalue weighted by Gasteiger charge is -2.04. The molecule has 2 atom stereocenters. The van der Waals surface area contributed by atoms with Gasteiger partial charge in [-0.3, -0.25) is 4.79 Å². The van der Waals surface area contributed by atoms with E-state index in [2.05, 4.69) is 31.1 Å². The van der Waals surface area contributed by atoms with E-state index in [1.165, 1.54) is 12.8 Å². The maximum atomic E-state index is 12.3. The monoisotopic (exact) mass is 375 g/mol. The number of carbonyl (C=O) groups is 1. The van der Waals surface area contributed by atoms with Crippen molar-refractivity contribution in [2.45, 2.75) is 32.6 Å². The second-order valence-corrected chi connectivity index (χ2v) is 7.41. The van der Waals surface area contributed by atoms with Gasteiger partial charge in [0.05, 0.1) is 5.52 Å². The van der Waals surface area contributed by atoms with Gasteiger partial charge in [-0.25, -0.2) is 0 Å². The minimum atomic E-state index is -0.139. The topological polar surface area (TPSA) is 77.8 Å². The van der Waals surface area contributed by atoms with Crippen LogP contribution in [0.25, 0.3) is 10.9 Å². The van der Waals surface area contributed by atoms with Crippen LogP contribution in [0.1, 0.15) is 31.2 Å². The molecular formula is C17H18BrN3O2. The summed E-state index contributed by atoms with van der Waals surface area (Å²) in [5.41, 5.74) is 2.13. The van der Waals surface area contributed by atoms with E-state index in [1.807, 2.05) is 19.1 Å². The summed E-state index contributed by atoms with van der Waals surface area (Å²) < 4.78 is 0.855. The number of benzene rings is 1. The lowest BCUT2D eigenvalue weighted by Crippen LogP contribution is -1.97. The number of carbonyl (C=O) groups excluding carboxylic acids is 1. The van der Waals surface area contributed by atoms with Crippen molar-refractivity contribution in [3.8, 4) is 5.88 Å². The summed E-state index contributed by atoms with van der Waals surface area (Å²) in [6, 6.07) is 3.83. The predicted octanol–water partition coefficient (Wildman–Crippen LogP) is 4.99. The van der Waals surface area contributed by atoms with E-state index < -0.39 is 0 Å². The molecule has 2 aromatic rings. The van der Waals surface area contributed by atoms with Gasteiger partial charge >= 0.3 is 0 Å². The van der Waals surface area contributed by atoms with E-state index in [-0.39, 0.29) is 17.7 Å². The largest absolute Gasteiger partial charge is 0.493 e. The molecule has 0 spiro atoms. The average Bonchev–Trinajstić information content (AvgIpc) is 3.18. The van der Waals surface area contributed by atoms with Gasteiger partial charge in [-0.15, -0.1) is 10.2 Å². The van der Waals surface area contributed by atoms with Crippen molar-refractivity contribution >= 4 is 38.4 Å². The van der Waals surface area contributed by atoms with Crippen LogP contribution < -0.4 is 0 Å². The van der Waals surface area contributed by atoms with Crippen molar-refractivity contribution in [2.24, 2.45) is 28.0 Å². The molecule has 2 fully saturated rings. The van der Waals surface area contributed by atoms with Gasteiger partial charge in [-0.2, -0.15) is 0 Å². The lowest BCUT2D eigenvalue weighted by atomic mass is 10.0. The Morgan fingerprint density at radius 3 is 2.70 bits per heavy atom. The van der Waals surface area contributed by atoms with Crippen molar-refractivity contribution in [1.29, 1.82) is 0 Å². The number of hydrogen-bond acceptors (Lipinski definition) is 3. The Labute approximate surface area is 142 Å². The second kappa shape index (κ2) is 5.44. The number of amides is 1. The molecule has 1 heterocycles. The van der Waals surface area contributed by atoms with Gasteiger partial charge in [-0.1, -0.05) is 18.9 Å². The molecule has 0 unspecified atom stereocenters. The summed E-state index contributed by atoms with van der Waals surface area (Å²) in [4.78, 5) is 15.2. The van der Waals surface area contributed by atoms with Crippen LogP contribution in [0.3, 0.4) is 0 Å². The third-order valence-electron chi connectivity index (χ3n) is 5.24. The third kappa shape index (κ3) is 2.40. The fourth-order valence-corrected chi connectivity index (χ4v) is 4.48. The van der Waals surface area contributed by atoms with E-state index in [0.29, 0.717) is 17.5 Å². The average molecular weight is 376 g/mol. The number of aromatic nitrogens is 1. The van der Waals surface area contributed by atoms with Gasteiger partial charge in [0, 0.05) is 15.8 Å². The molecule has 6 heteroatoms. The number of H-pyrrole nitrogens is 1. The fourth-order valence-electron chi connectivity index (χ4n) is 3.94. The summed E-state index contributed by atoms with van der Waals surface area (Å²) in [5, 5.41) is 18.8. The van der Waals surface area contributed by atoms with Gasteiger partial charge < -0.3 is 10.1 Å². The number of halogens is 1. The van der Waals surface area contributed by atoms with Crippen molar-refractivity contribution in [3.05, 3.63) is 22.2 Å². The number of aromatic hydroxyl groups is 1. The summed E-state index contributed by atoms with van der Waals surface area (Å²) in [6.07, 6.45) is 4.72. The van der Waals surface area contributed by atoms with Gasteiger partial charge in [0.2, 0.25) is 5.88 Å². The van der Waals surface area contributed by atoms with Crippen LogP contribution in [0.2, 0.25) is 0 Å². The molecule has 0 saturated heterocycles. The number of nitrogens with one attached hydrogen (secondary N) is 1. The maximum absolute atomic E-state index is 12.3. The van der Waals surface area contributed by atoms with Gasteiger partial charge in [0.25, 0.3) is 5.91 Å². The Morgan fingerprint density at radius 1 is 1.30 bits per heavy atom. The molecule has 0 radical (unpaired) electrons. The smallest absolute Gasteiger partial charge is 0.268 e. The molecule has 120 valence electrons. The van der Waals surface area contributed by atoms with E-state index in [9.17, 15) is 9.90 Å². The van der Waals surface area contributed by atoms with Crippen molar-refractivity contribution in [3.63, 3.8) is 0 Å². The second-order valence-electron chi connectivity index (χ2n) is 6.62. The highest BCUT2D eigenvalue weighted by Crippen LogP contribution is 2.56. The molecule has 1 aromatic carbocycles. The van der Waals surface area contributed by atoms with Crippen LogP contribution >= 0.6 is 15.9 Å².